The lowest BCUT2D eigenvalue weighted by molar-refractivity contribution is -0.00783. The second kappa shape index (κ2) is 6.42. The summed E-state index contributed by atoms with van der Waals surface area (Å²) in [6.07, 6.45) is 3.82. The second-order valence-electron chi connectivity index (χ2n) is 6.18. The second-order valence-corrected chi connectivity index (χ2v) is 6.58. The van der Waals surface area contributed by atoms with Gasteiger partial charge in [-0.15, -0.1) is 0 Å². The van der Waals surface area contributed by atoms with Gasteiger partial charge in [0.25, 0.3) is 0 Å². The van der Waals surface area contributed by atoms with Gasteiger partial charge in [0.05, 0.1) is 5.60 Å². The summed E-state index contributed by atoms with van der Waals surface area (Å²) in [7, 11) is 0. The van der Waals surface area contributed by atoms with Crippen molar-refractivity contribution in [2.45, 2.75) is 51.2 Å². The van der Waals surface area contributed by atoms with E-state index < -0.39 is 5.60 Å². The number of aliphatic hydroxyl groups is 1. The van der Waals surface area contributed by atoms with Crippen molar-refractivity contribution in [2.75, 3.05) is 6.54 Å². The van der Waals surface area contributed by atoms with Crippen LogP contribution in [0.15, 0.2) is 18.2 Å². The summed E-state index contributed by atoms with van der Waals surface area (Å²) in [6.45, 7) is 4.76. The summed E-state index contributed by atoms with van der Waals surface area (Å²) >= 11 is 6.06. The molecule has 112 valence electrons. The van der Waals surface area contributed by atoms with Crippen molar-refractivity contribution >= 4 is 11.6 Å². The first kappa shape index (κ1) is 15.7. The summed E-state index contributed by atoms with van der Waals surface area (Å²) in [5, 5.41) is 14.3. The fourth-order valence-electron chi connectivity index (χ4n) is 2.78. The molecule has 2 rings (SSSR count). The Bertz CT molecular complexity index is 458. The molecule has 2 nitrogen and oxygen atoms in total. The molecule has 1 saturated carbocycles. The average Bonchev–Trinajstić information content (AvgIpc) is 2.40. The third-order valence-corrected chi connectivity index (χ3v) is 4.70. The minimum Gasteiger partial charge on any atom is -0.389 e. The molecule has 2 N–H and O–H groups in total. The SMILES string of the molecule is CC1CCC(O)(CNC(C)c2ccc(F)cc2Cl)CC1. The summed E-state index contributed by atoms with van der Waals surface area (Å²) in [4.78, 5) is 0. The van der Waals surface area contributed by atoms with Gasteiger partial charge in [-0.2, -0.15) is 0 Å². The molecule has 0 radical (unpaired) electrons. The molecule has 4 heteroatoms. The molecular weight excluding hydrogens is 277 g/mol. The van der Waals surface area contributed by atoms with Gasteiger partial charge >= 0.3 is 0 Å². The van der Waals surface area contributed by atoms with Crippen LogP contribution in [0.3, 0.4) is 0 Å². The standard InChI is InChI=1S/C16H23ClFNO/c1-11-5-7-16(20,8-6-11)10-19-12(2)14-4-3-13(18)9-15(14)17/h3-4,9,11-12,19-20H,5-8,10H2,1-2H3. The molecule has 1 aromatic rings. The van der Waals surface area contributed by atoms with Crippen LogP contribution in [-0.4, -0.2) is 17.3 Å². The minimum absolute atomic E-state index is 0.00789. The lowest BCUT2D eigenvalue weighted by atomic mass is 9.79. The van der Waals surface area contributed by atoms with Gasteiger partial charge in [0.2, 0.25) is 0 Å². The van der Waals surface area contributed by atoms with Crippen LogP contribution in [-0.2, 0) is 0 Å². The third-order valence-electron chi connectivity index (χ3n) is 4.37. The zero-order valence-corrected chi connectivity index (χ0v) is 12.9. The predicted molar refractivity (Wildman–Crippen MR) is 80.4 cm³/mol. The summed E-state index contributed by atoms with van der Waals surface area (Å²) < 4.78 is 13.0. The van der Waals surface area contributed by atoms with Gasteiger partial charge in [0.15, 0.2) is 0 Å². The normalized spacial score (nSPS) is 28.4. The fraction of sp³-hybridized carbons (Fsp3) is 0.625. The molecule has 1 aromatic carbocycles. The highest BCUT2D eigenvalue weighted by molar-refractivity contribution is 6.31. The zero-order valence-electron chi connectivity index (χ0n) is 12.1. The van der Waals surface area contributed by atoms with Crippen LogP contribution in [0.1, 0.15) is 51.1 Å². The number of hydrogen-bond donors (Lipinski definition) is 2. The molecule has 0 spiro atoms. The Morgan fingerprint density at radius 2 is 2.10 bits per heavy atom. The van der Waals surface area contributed by atoms with E-state index in [0.29, 0.717) is 17.5 Å². The fourth-order valence-corrected chi connectivity index (χ4v) is 3.11. The molecule has 0 aromatic heterocycles. The Labute approximate surface area is 125 Å². The maximum Gasteiger partial charge on any atom is 0.124 e. The van der Waals surface area contributed by atoms with Crippen LogP contribution in [0, 0.1) is 11.7 Å². The smallest absolute Gasteiger partial charge is 0.124 e. The van der Waals surface area contributed by atoms with Crippen LogP contribution in [0.2, 0.25) is 5.02 Å². The van der Waals surface area contributed by atoms with Crippen molar-refractivity contribution in [3.63, 3.8) is 0 Å². The topological polar surface area (TPSA) is 32.3 Å². The monoisotopic (exact) mass is 299 g/mol. The maximum absolute atomic E-state index is 13.0. The van der Waals surface area contributed by atoms with Gasteiger partial charge in [-0.25, -0.2) is 4.39 Å². The highest BCUT2D eigenvalue weighted by atomic mass is 35.5. The molecule has 0 heterocycles. The quantitative estimate of drug-likeness (QED) is 0.878. The van der Waals surface area contributed by atoms with E-state index in [1.165, 1.54) is 12.1 Å². The highest BCUT2D eigenvalue weighted by Crippen LogP contribution is 2.32. The first-order valence-electron chi connectivity index (χ1n) is 7.30. The Kier molecular flexibility index (Phi) is 5.05. The number of nitrogens with one attached hydrogen (secondary N) is 1. The van der Waals surface area contributed by atoms with Crippen molar-refractivity contribution in [3.8, 4) is 0 Å². The number of halogens is 2. The summed E-state index contributed by atoms with van der Waals surface area (Å²) in [5.74, 6) is 0.380. The molecule has 0 amide bonds. The molecule has 20 heavy (non-hydrogen) atoms. The van der Waals surface area contributed by atoms with Gasteiger partial charge in [-0.05, 0) is 56.2 Å². The molecule has 0 saturated heterocycles. The van der Waals surface area contributed by atoms with Gasteiger partial charge in [0, 0.05) is 17.6 Å². The van der Waals surface area contributed by atoms with E-state index in [2.05, 4.69) is 12.2 Å². The number of benzene rings is 1. The predicted octanol–water partition coefficient (Wildman–Crippen LogP) is 4.07. The van der Waals surface area contributed by atoms with Gasteiger partial charge in [0.1, 0.15) is 5.82 Å². The molecule has 1 atom stereocenters. The van der Waals surface area contributed by atoms with Crippen LogP contribution in [0.5, 0.6) is 0 Å². The Morgan fingerprint density at radius 3 is 2.70 bits per heavy atom. The Morgan fingerprint density at radius 1 is 1.45 bits per heavy atom. The van der Waals surface area contributed by atoms with E-state index in [1.807, 2.05) is 6.92 Å². The van der Waals surface area contributed by atoms with Crippen molar-refractivity contribution < 1.29 is 9.50 Å². The van der Waals surface area contributed by atoms with E-state index in [0.717, 1.165) is 31.2 Å². The molecule has 0 aliphatic heterocycles. The van der Waals surface area contributed by atoms with E-state index in [9.17, 15) is 9.50 Å². The summed E-state index contributed by atoms with van der Waals surface area (Å²) in [6, 6.07) is 4.43. The van der Waals surface area contributed by atoms with E-state index in [1.54, 1.807) is 6.07 Å². The zero-order chi connectivity index (χ0) is 14.8. The molecule has 1 aliphatic rings. The minimum atomic E-state index is -0.618. The van der Waals surface area contributed by atoms with Crippen molar-refractivity contribution in [1.82, 2.24) is 5.32 Å². The number of rotatable bonds is 4. The highest BCUT2D eigenvalue weighted by Gasteiger charge is 2.31. The Balaban J connectivity index is 1.93. The van der Waals surface area contributed by atoms with Gasteiger partial charge in [-0.1, -0.05) is 24.6 Å². The van der Waals surface area contributed by atoms with Crippen LogP contribution in [0.4, 0.5) is 4.39 Å². The molecule has 1 unspecified atom stereocenters. The third kappa shape index (κ3) is 3.94. The largest absolute Gasteiger partial charge is 0.389 e. The van der Waals surface area contributed by atoms with E-state index in [-0.39, 0.29) is 11.9 Å². The summed E-state index contributed by atoms with van der Waals surface area (Å²) in [5.41, 5.74) is 0.244. The molecular formula is C16H23ClFNO. The number of hydrogen-bond acceptors (Lipinski definition) is 2. The average molecular weight is 300 g/mol. The van der Waals surface area contributed by atoms with Crippen LogP contribution in [0.25, 0.3) is 0 Å². The van der Waals surface area contributed by atoms with E-state index in [4.69, 9.17) is 11.6 Å². The van der Waals surface area contributed by atoms with Gasteiger partial charge < -0.3 is 10.4 Å². The molecule has 1 aliphatic carbocycles. The lowest BCUT2D eigenvalue weighted by Crippen LogP contribution is -2.44. The van der Waals surface area contributed by atoms with Gasteiger partial charge in [-0.3, -0.25) is 0 Å². The maximum atomic E-state index is 13.0. The van der Waals surface area contributed by atoms with Crippen molar-refractivity contribution in [2.24, 2.45) is 5.92 Å². The van der Waals surface area contributed by atoms with Crippen molar-refractivity contribution in [1.29, 1.82) is 0 Å². The van der Waals surface area contributed by atoms with E-state index >= 15 is 0 Å². The molecule has 0 bridgehead atoms. The first-order chi connectivity index (χ1) is 9.39. The van der Waals surface area contributed by atoms with Crippen LogP contribution < -0.4 is 5.32 Å². The van der Waals surface area contributed by atoms with Crippen molar-refractivity contribution in [3.05, 3.63) is 34.6 Å². The lowest BCUT2D eigenvalue weighted by Gasteiger charge is -2.36. The van der Waals surface area contributed by atoms with Crippen LogP contribution >= 0.6 is 11.6 Å². The molecule has 1 fully saturated rings. The first-order valence-corrected chi connectivity index (χ1v) is 7.68. The Hall–Kier alpha value is -0.640.